The highest BCUT2D eigenvalue weighted by Gasteiger charge is 2.17. The molecule has 1 aromatic heterocycles. The molecule has 1 aromatic rings. The summed E-state index contributed by atoms with van der Waals surface area (Å²) in [5, 5.41) is 2.98. The Hall–Kier alpha value is -1.62. The number of ether oxygens (including phenoxy) is 1. The topological polar surface area (TPSA) is 77.2 Å². The quantitative estimate of drug-likeness (QED) is 0.803. The van der Waals surface area contributed by atoms with E-state index in [4.69, 9.17) is 10.5 Å². The van der Waals surface area contributed by atoms with Gasteiger partial charge in [-0.05, 0) is 31.5 Å². The van der Waals surface area contributed by atoms with Gasteiger partial charge in [0.1, 0.15) is 5.75 Å². The molecule has 0 spiro atoms. The second-order valence-electron chi connectivity index (χ2n) is 4.86. The van der Waals surface area contributed by atoms with Crippen LogP contribution in [0.4, 0.5) is 0 Å². The molecule has 1 fully saturated rings. The zero-order chi connectivity index (χ0) is 13.5. The number of rotatable bonds is 6. The summed E-state index contributed by atoms with van der Waals surface area (Å²) in [6.45, 7) is 0.630. The molecule has 1 saturated carbocycles. The Morgan fingerprint density at radius 3 is 2.84 bits per heavy atom. The molecule has 0 bridgehead atoms. The lowest BCUT2D eigenvalue weighted by Gasteiger charge is -2.12. The summed E-state index contributed by atoms with van der Waals surface area (Å²) < 4.78 is 5.41. The number of carbonyl (C=O) groups excluding carboxylic acids is 1. The van der Waals surface area contributed by atoms with Gasteiger partial charge in [-0.3, -0.25) is 9.78 Å². The molecule has 0 aliphatic heterocycles. The van der Waals surface area contributed by atoms with Crippen molar-refractivity contribution < 1.29 is 9.53 Å². The van der Waals surface area contributed by atoms with Gasteiger partial charge in [0.15, 0.2) is 6.61 Å². The molecule has 0 saturated heterocycles. The van der Waals surface area contributed by atoms with Crippen LogP contribution in [0.15, 0.2) is 18.3 Å². The summed E-state index contributed by atoms with van der Waals surface area (Å²) >= 11 is 0. The minimum atomic E-state index is -0.0575. The second-order valence-corrected chi connectivity index (χ2v) is 4.86. The van der Waals surface area contributed by atoms with Crippen molar-refractivity contribution in [2.75, 3.05) is 13.2 Å². The number of pyridine rings is 1. The summed E-state index contributed by atoms with van der Waals surface area (Å²) in [6.07, 6.45) is 6.97. The van der Waals surface area contributed by atoms with Gasteiger partial charge in [-0.25, -0.2) is 0 Å². The lowest BCUT2D eigenvalue weighted by Crippen LogP contribution is -2.36. The molecule has 3 N–H and O–H groups in total. The molecule has 5 nitrogen and oxygen atoms in total. The van der Waals surface area contributed by atoms with Gasteiger partial charge in [0.25, 0.3) is 5.91 Å². The van der Waals surface area contributed by atoms with Gasteiger partial charge < -0.3 is 15.8 Å². The van der Waals surface area contributed by atoms with Crippen molar-refractivity contribution in [1.29, 1.82) is 0 Å². The van der Waals surface area contributed by atoms with Crippen LogP contribution in [-0.2, 0) is 11.2 Å². The molecule has 0 aromatic carbocycles. The van der Waals surface area contributed by atoms with Crippen LogP contribution in [0.3, 0.4) is 0 Å². The fourth-order valence-electron chi connectivity index (χ4n) is 2.28. The Labute approximate surface area is 113 Å². The van der Waals surface area contributed by atoms with E-state index in [9.17, 15) is 4.79 Å². The van der Waals surface area contributed by atoms with Crippen LogP contribution in [0.5, 0.6) is 5.75 Å². The second kappa shape index (κ2) is 7.09. The third-order valence-corrected chi connectivity index (χ3v) is 3.29. The van der Waals surface area contributed by atoms with Crippen LogP contribution in [0.25, 0.3) is 0 Å². The molecule has 0 radical (unpaired) electrons. The van der Waals surface area contributed by atoms with E-state index in [-0.39, 0.29) is 12.5 Å². The van der Waals surface area contributed by atoms with Crippen LogP contribution in [-0.4, -0.2) is 30.1 Å². The first-order valence-electron chi connectivity index (χ1n) is 6.85. The number of carbonyl (C=O) groups is 1. The van der Waals surface area contributed by atoms with E-state index in [1.54, 1.807) is 6.20 Å². The average molecular weight is 263 g/mol. The highest BCUT2D eigenvalue weighted by Crippen LogP contribution is 2.17. The van der Waals surface area contributed by atoms with Gasteiger partial charge in [0.2, 0.25) is 0 Å². The fraction of sp³-hybridized carbons (Fsp3) is 0.571. The summed E-state index contributed by atoms with van der Waals surface area (Å²) in [7, 11) is 0. The molecule has 0 unspecified atom stereocenters. The number of amides is 1. The number of nitrogens with zero attached hydrogens (tertiary/aromatic N) is 1. The zero-order valence-corrected chi connectivity index (χ0v) is 11.1. The third-order valence-electron chi connectivity index (χ3n) is 3.29. The number of aromatic nitrogens is 1. The minimum Gasteiger partial charge on any atom is -0.482 e. The zero-order valence-electron chi connectivity index (χ0n) is 11.1. The molecule has 19 heavy (non-hydrogen) atoms. The van der Waals surface area contributed by atoms with E-state index < -0.39 is 0 Å². The largest absolute Gasteiger partial charge is 0.482 e. The van der Waals surface area contributed by atoms with E-state index in [0.717, 1.165) is 25.0 Å². The molecule has 2 rings (SSSR count). The van der Waals surface area contributed by atoms with Gasteiger partial charge >= 0.3 is 0 Å². The van der Waals surface area contributed by atoms with Gasteiger partial charge in [0.05, 0.1) is 6.20 Å². The van der Waals surface area contributed by atoms with Gasteiger partial charge in [0, 0.05) is 18.2 Å². The molecule has 1 aliphatic carbocycles. The number of nitrogens with two attached hydrogens (primary N) is 1. The molecular formula is C14H21N3O2. The first kappa shape index (κ1) is 13.8. The molecule has 1 aliphatic rings. The Balaban J connectivity index is 1.73. The lowest BCUT2D eigenvalue weighted by molar-refractivity contribution is -0.123. The predicted octanol–water partition coefficient (Wildman–Crippen LogP) is 1.02. The minimum absolute atomic E-state index is 0.0500. The standard InChI is InChI=1S/C14H21N3O2/c15-8-7-11-5-6-13(9-16-11)19-10-14(18)17-12-3-1-2-4-12/h5-6,9,12H,1-4,7-8,10,15H2,(H,17,18). The fourth-order valence-corrected chi connectivity index (χ4v) is 2.28. The van der Waals surface area contributed by atoms with Crippen molar-refractivity contribution in [3.8, 4) is 5.75 Å². The van der Waals surface area contributed by atoms with E-state index >= 15 is 0 Å². The van der Waals surface area contributed by atoms with Crippen LogP contribution in [0.2, 0.25) is 0 Å². The molecule has 104 valence electrons. The SMILES string of the molecule is NCCc1ccc(OCC(=O)NC2CCCC2)cn1. The summed E-state index contributed by atoms with van der Waals surface area (Å²) in [4.78, 5) is 15.9. The monoisotopic (exact) mass is 263 g/mol. The summed E-state index contributed by atoms with van der Waals surface area (Å²) in [5.74, 6) is 0.556. The Bertz CT molecular complexity index is 400. The molecule has 1 heterocycles. The highest BCUT2D eigenvalue weighted by atomic mass is 16.5. The van der Waals surface area contributed by atoms with E-state index in [0.29, 0.717) is 18.3 Å². The lowest BCUT2D eigenvalue weighted by atomic mass is 10.2. The van der Waals surface area contributed by atoms with Crippen LogP contribution >= 0.6 is 0 Å². The van der Waals surface area contributed by atoms with Crippen molar-refractivity contribution in [2.45, 2.75) is 38.1 Å². The predicted molar refractivity (Wildman–Crippen MR) is 72.9 cm³/mol. The van der Waals surface area contributed by atoms with E-state index in [2.05, 4.69) is 10.3 Å². The van der Waals surface area contributed by atoms with Gasteiger partial charge in [-0.1, -0.05) is 12.8 Å². The van der Waals surface area contributed by atoms with E-state index in [1.165, 1.54) is 12.8 Å². The summed E-state index contributed by atoms with van der Waals surface area (Å²) in [6, 6.07) is 4.03. The summed E-state index contributed by atoms with van der Waals surface area (Å²) in [5.41, 5.74) is 6.39. The van der Waals surface area contributed by atoms with E-state index in [1.807, 2.05) is 12.1 Å². The average Bonchev–Trinajstić information content (AvgIpc) is 2.91. The molecule has 0 atom stereocenters. The van der Waals surface area contributed by atoms with Crippen LogP contribution in [0, 0.1) is 0 Å². The van der Waals surface area contributed by atoms with Gasteiger partial charge in [-0.2, -0.15) is 0 Å². The van der Waals surface area contributed by atoms with Crippen molar-refractivity contribution >= 4 is 5.91 Å². The Kier molecular flexibility index (Phi) is 5.15. The smallest absolute Gasteiger partial charge is 0.258 e. The molecule has 5 heteroatoms. The number of hydrogen-bond acceptors (Lipinski definition) is 4. The Morgan fingerprint density at radius 1 is 1.42 bits per heavy atom. The number of hydrogen-bond donors (Lipinski definition) is 2. The molecular weight excluding hydrogens is 242 g/mol. The molecule has 1 amide bonds. The van der Waals surface area contributed by atoms with Crippen LogP contribution < -0.4 is 15.8 Å². The first-order chi connectivity index (χ1) is 9.28. The highest BCUT2D eigenvalue weighted by molar-refractivity contribution is 5.77. The first-order valence-corrected chi connectivity index (χ1v) is 6.85. The van der Waals surface area contributed by atoms with Crippen molar-refractivity contribution in [2.24, 2.45) is 5.73 Å². The number of nitrogens with one attached hydrogen (secondary N) is 1. The maximum atomic E-state index is 11.7. The van der Waals surface area contributed by atoms with Crippen molar-refractivity contribution in [3.63, 3.8) is 0 Å². The van der Waals surface area contributed by atoms with Crippen LogP contribution in [0.1, 0.15) is 31.4 Å². The normalized spacial score (nSPS) is 15.4. The maximum absolute atomic E-state index is 11.7. The van der Waals surface area contributed by atoms with Crippen molar-refractivity contribution in [1.82, 2.24) is 10.3 Å². The van der Waals surface area contributed by atoms with Gasteiger partial charge in [-0.15, -0.1) is 0 Å². The maximum Gasteiger partial charge on any atom is 0.258 e. The van der Waals surface area contributed by atoms with Crippen molar-refractivity contribution in [3.05, 3.63) is 24.0 Å². The third kappa shape index (κ3) is 4.52. The Morgan fingerprint density at radius 2 is 2.21 bits per heavy atom.